The van der Waals surface area contributed by atoms with Crippen LogP contribution in [0.15, 0.2) is 30.6 Å². The summed E-state index contributed by atoms with van der Waals surface area (Å²) in [5.41, 5.74) is 1.32. The zero-order valence-corrected chi connectivity index (χ0v) is 17.6. The van der Waals surface area contributed by atoms with Gasteiger partial charge in [-0.25, -0.2) is 9.97 Å². The zero-order valence-electron chi connectivity index (χ0n) is 17.6. The minimum atomic E-state index is 0.398. The maximum absolute atomic E-state index is 5.75. The lowest BCUT2D eigenvalue weighted by Gasteiger charge is -2.17. The number of rotatable bonds is 10. The van der Waals surface area contributed by atoms with E-state index >= 15 is 0 Å². The molecule has 0 aliphatic heterocycles. The SMILES string of the molecule is COCCOc1cc2ncnc(Nc3cc(OC)cc(OC)c3OC)c2cc1OC. The molecule has 0 atom stereocenters. The van der Waals surface area contributed by atoms with Gasteiger partial charge in [-0.3, -0.25) is 0 Å². The molecule has 30 heavy (non-hydrogen) atoms. The second-order valence-corrected chi connectivity index (χ2v) is 6.12. The summed E-state index contributed by atoms with van der Waals surface area (Å²) in [4.78, 5) is 8.75. The molecular weight excluding hydrogens is 390 g/mol. The van der Waals surface area contributed by atoms with Crippen LogP contribution < -0.4 is 29.0 Å². The van der Waals surface area contributed by atoms with E-state index in [2.05, 4.69) is 15.3 Å². The summed E-state index contributed by atoms with van der Waals surface area (Å²) in [6.45, 7) is 0.866. The van der Waals surface area contributed by atoms with E-state index in [4.69, 9.17) is 28.4 Å². The molecule has 0 amide bonds. The average molecular weight is 415 g/mol. The Morgan fingerprint density at radius 2 is 1.57 bits per heavy atom. The van der Waals surface area contributed by atoms with Crippen LogP contribution in [0.4, 0.5) is 11.5 Å². The average Bonchev–Trinajstić information content (AvgIpc) is 2.78. The van der Waals surface area contributed by atoms with Crippen molar-refractivity contribution in [3.05, 3.63) is 30.6 Å². The molecule has 1 heterocycles. The van der Waals surface area contributed by atoms with Crippen LogP contribution in [0.3, 0.4) is 0 Å². The predicted octanol–water partition coefficient (Wildman–Crippen LogP) is 3.43. The molecule has 2 aromatic carbocycles. The topological polar surface area (TPSA) is 93.2 Å². The predicted molar refractivity (Wildman–Crippen MR) is 113 cm³/mol. The van der Waals surface area contributed by atoms with Crippen LogP contribution in [0.5, 0.6) is 28.7 Å². The molecular formula is C21H25N3O6. The standard InChI is InChI=1S/C21H25N3O6/c1-25-6-7-30-18-11-15-14(10-17(18)27-3)21(23-12-22-15)24-16-8-13(26-2)9-19(28-4)20(16)29-5/h8-12H,6-7H2,1-5H3,(H,22,23,24). The molecule has 0 saturated carbocycles. The number of anilines is 2. The van der Waals surface area contributed by atoms with Crippen LogP contribution in [-0.2, 0) is 4.74 Å². The van der Waals surface area contributed by atoms with Gasteiger partial charge in [0.05, 0.1) is 46.3 Å². The third-order valence-electron chi connectivity index (χ3n) is 4.41. The molecule has 3 rings (SSSR count). The van der Waals surface area contributed by atoms with Gasteiger partial charge >= 0.3 is 0 Å². The van der Waals surface area contributed by atoms with Crippen molar-refractivity contribution in [2.75, 3.05) is 54.1 Å². The van der Waals surface area contributed by atoms with E-state index in [1.54, 1.807) is 53.7 Å². The second kappa shape index (κ2) is 9.84. The number of fused-ring (bicyclic) bond motifs is 1. The molecule has 0 radical (unpaired) electrons. The Hall–Kier alpha value is -3.46. The van der Waals surface area contributed by atoms with Crippen molar-refractivity contribution in [2.24, 2.45) is 0 Å². The normalized spacial score (nSPS) is 10.6. The molecule has 0 unspecified atom stereocenters. The van der Waals surface area contributed by atoms with Crippen molar-refractivity contribution in [3.63, 3.8) is 0 Å². The Bertz CT molecular complexity index is 1010. The number of benzene rings is 2. The number of nitrogens with zero attached hydrogens (tertiary/aromatic N) is 2. The molecule has 0 fully saturated rings. The first-order valence-corrected chi connectivity index (χ1v) is 9.16. The van der Waals surface area contributed by atoms with Crippen molar-refractivity contribution < 1.29 is 28.4 Å². The highest BCUT2D eigenvalue weighted by molar-refractivity contribution is 5.93. The summed E-state index contributed by atoms with van der Waals surface area (Å²) in [6.07, 6.45) is 1.47. The Kier molecular flexibility index (Phi) is 6.97. The Labute approximate surface area is 174 Å². The van der Waals surface area contributed by atoms with E-state index in [0.717, 1.165) is 5.39 Å². The minimum absolute atomic E-state index is 0.398. The fourth-order valence-corrected chi connectivity index (χ4v) is 2.95. The van der Waals surface area contributed by atoms with Crippen molar-refractivity contribution in [1.29, 1.82) is 0 Å². The van der Waals surface area contributed by atoms with Crippen molar-refractivity contribution >= 4 is 22.4 Å². The van der Waals surface area contributed by atoms with E-state index < -0.39 is 0 Å². The third-order valence-corrected chi connectivity index (χ3v) is 4.41. The highest BCUT2D eigenvalue weighted by Crippen LogP contribution is 2.42. The summed E-state index contributed by atoms with van der Waals surface area (Å²) in [7, 11) is 7.92. The molecule has 0 bridgehead atoms. The first kappa shape index (κ1) is 21.3. The maximum atomic E-state index is 5.75. The van der Waals surface area contributed by atoms with Gasteiger partial charge in [0.15, 0.2) is 23.0 Å². The largest absolute Gasteiger partial charge is 0.497 e. The van der Waals surface area contributed by atoms with E-state index in [1.165, 1.54) is 6.33 Å². The smallest absolute Gasteiger partial charge is 0.184 e. The maximum Gasteiger partial charge on any atom is 0.184 e. The van der Waals surface area contributed by atoms with Gasteiger partial charge in [0, 0.05) is 30.7 Å². The molecule has 0 spiro atoms. The number of aromatic nitrogens is 2. The number of ether oxygens (including phenoxy) is 6. The molecule has 0 aliphatic rings. The lowest BCUT2D eigenvalue weighted by molar-refractivity contribution is 0.144. The van der Waals surface area contributed by atoms with Gasteiger partial charge in [0.25, 0.3) is 0 Å². The number of nitrogens with one attached hydrogen (secondary N) is 1. The van der Waals surface area contributed by atoms with Crippen molar-refractivity contribution in [3.8, 4) is 28.7 Å². The van der Waals surface area contributed by atoms with E-state index in [1.807, 2.05) is 6.07 Å². The number of methoxy groups -OCH3 is 5. The first-order chi connectivity index (χ1) is 14.6. The van der Waals surface area contributed by atoms with Gasteiger partial charge in [-0.15, -0.1) is 0 Å². The lowest BCUT2D eigenvalue weighted by Crippen LogP contribution is -2.06. The van der Waals surface area contributed by atoms with Crippen LogP contribution >= 0.6 is 0 Å². The van der Waals surface area contributed by atoms with Crippen molar-refractivity contribution in [2.45, 2.75) is 0 Å². The van der Waals surface area contributed by atoms with Gasteiger partial charge in [0.1, 0.15) is 24.5 Å². The van der Waals surface area contributed by atoms with Crippen LogP contribution in [0.2, 0.25) is 0 Å². The van der Waals surface area contributed by atoms with Gasteiger partial charge < -0.3 is 33.7 Å². The molecule has 0 saturated heterocycles. The van der Waals surface area contributed by atoms with E-state index in [0.29, 0.717) is 59.0 Å². The zero-order chi connectivity index (χ0) is 21.5. The van der Waals surface area contributed by atoms with Gasteiger partial charge in [-0.1, -0.05) is 0 Å². The number of hydrogen-bond donors (Lipinski definition) is 1. The summed E-state index contributed by atoms with van der Waals surface area (Å²) >= 11 is 0. The minimum Gasteiger partial charge on any atom is -0.497 e. The summed E-state index contributed by atoms with van der Waals surface area (Å²) in [6, 6.07) is 7.17. The number of hydrogen-bond acceptors (Lipinski definition) is 9. The van der Waals surface area contributed by atoms with Crippen LogP contribution in [0, 0.1) is 0 Å². The fraction of sp³-hybridized carbons (Fsp3) is 0.333. The Morgan fingerprint density at radius 1 is 0.767 bits per heavy atom. The van der Waals surface area contributed by atoms with Gasteiger partial charge in [-0.2, -0.15) is 0 Å². The second-order valence-electron chi connectivity index (χ2n) is 6.12. The quantitative estimate of drug-likeness (QED) is 0.500. The summed E-state index contributed by atoms with van der Waals surface area (Å²) in [5.74, 6) is 3.37. The van der Waals surface area contributed by atoms with Gasteiger partial charge in [-0.05, 0) is 6.07 Å². The summed E-state index contributed by atoms with van der Waals surface area (Å²) < 4.78 is 32.6. The molecule has 1 N–H and O–H groups in total. The highest BCUT2D eigenvalue weighted by atomic mass is 16.5. The molecule has 1 aromatic heterocycles. The van der Waals surface area contributed by atoms with Crippen LogP contribution in [0.25, 0.3) is 10.9 Å². The Morgan fingerprint density at radius 3 is 2.23 bits per heavy atom. The Balaban J connectivity index is 2.05. The highest BCUT2D eigenvalue weighted by Gasteiger charge is 2.17. The molecule has 3 aromatic rings. The molecule has 0 aliphatic carbocycles. The van der Waals surface area contributed by atoms with Crippen LogP contribution in [0.1, 0.15) is 0 Å². The summed E-state index contributed by atoms with van der Waals surface area (Å²) in [5, 5.41) is 4.03. The third kappa shape index (κ3) is 4.41. The van der Waals surface area contributed by atoms with Crippen molar-refractivity contribution in [1.82, 2.24) is 9.97 Å². The van der Waals surface area contributed by atoms with E-state index in [9.17, 15) is 0 Å². The van der Waals surface area contributed by atoms with E-state index in [-0.39, 0.29) is 0 Å². The first-order valence-electron chi connectivity index (χ1n) is 9.16. The monoisotopic (exact) mass is 415 g/mol. The molecule has 160 valence electrons. The lowest BCUT2D eigenvalue weighted by atomic mass is 10.2. The van der Waals surface area contributed by atoms with Gasteiger partial charge in [0.2, 0.25) is 0 Å². The molecule has 9 heteroatoms. The van der Waals surface area contributed by atoms with Crippen LogP contribution in [-0.4, -0.2) is 58.7 Å². The fourth-order valence-electron chi connectivity index (χ4n) is 2.95. The molecule has 9 nitrogen and oxygen atoms in total.